The minimum atomic E-state index is -3.90. The van der Waals surface area contributed by atoms with Crippen LogP contribution in [0.25, 0.3) is 0 Å². The van der Waals surface area contributed by atoms with E-state index in [-0.39, 0.29) is 24.0 Å². The molecule has 0 radical (unpaired) electrons. The van der Waals surface area contributed by atoms with Crippen molar-refractivity contribution in [2.45, 2.75) is 43.5 Å². The van der Waals surface area contributed by atoms with E-state index in [1.165, 1.54) is 18.1 Å². The topological polar surface area (TPSA) is 124 Å². The number of aromatic nitrogens is 2. The average molecular weight is 485 g/mol. The molecular weight excluding hydrogens is 460 g/mol. The summed E-state index contributed by atoms with van der Waals surface area (Å²) in [6.07, 6.45) is 3.21. The predicted octanol–water partition coefficient (Wildman–Crippen LogP) is 3.38. The molecule has 178 valence electrons. The van der Waals surface area contributed by atoms with E-state index in [0.29, 0.717) is 46.1 Å². The van der Waals surface area contributed by atoms with Crippen molar-refractivity contribution in [2.24, 2.45) is 0 Å². The van der Waals surface area contributed by atoms with E-state index in [4.69, 9.17) is 14.0 Å². The maximum Gasteiger partial charge on any atom is 0.265 e. The first-order valence-electron chi connectivity index (χ1n) is 10.9. The number of carbonyl (C=O) groups excluding carboxylic acids is 1. The van der Waals surface area contributed by atoms with Gasteiger partial charge in [-0.1, -0.05) is 11.6 Å². The molecule has 10 nitrogen and oxygen atoms in total. The lowest BCUT2D eigenvalue weighted by molar-refractivity contribution is -0.121. The number of methoxy groups -OCH3 is 1. The number of ether oxygens (including phenoxy) is 2. The molecule has 34 heavy (non-hydrogen) atoms. The van der Waals surface area contributed by atoms with Gasteiger partial charge in [0.15, 0.2) is 12.4 Å². The molecule has 1 aliphatic heterocycles. The van der Waals surface area contributed by atoms with Crippen LogP contribution >= 0.6 is 0 Å². The number of amides is 1. The number of nitrogens with zero attached hydrogens (tertiary/aromatic N) is 3. The Morgan fingerprint density at radius 1 is 1.21 bits per heavy atom. The molecule has 0 spiro atoms. The number of nitrogens with one attached hydrogen (secondary N) is 1. The van der Waals surface area contributed by atoms with Gasteiger partial charge in [-0.15, -0.1) is 0 Å². The largest absolute Gasteiger partial charge is 0.497 e. The maximum atomic E-state index is 13.1. The third-order valence-corrected chi connectivity index (χ3v) is 7.59. The van der Waals surface area contributed by atoms with E-state index < -0.39 is 10.0 Å². The molecule has 0 unspecified atom stereocenters. The fourth-order valence-corrected chi connectivity index (χ4v) is 5.26. The van der Waals surface area contributed by atoms with Crippen molar-refractivity contribution in [3.8, 4) is 11.5 Å². The molecule has 1 saturated carbocycles. The number of sulfonamides is 1. The predicted molar refractivity (Wildman–Crippen MR) is 123 cm³/mol. The van der Waals surface area contributed by atoms with Gasteiger partial charge in [0.05, 0.1) is 24.2 Å². The second-order valence-corrected chi connectivity index (χ2v) is 10.0. The summed E-state index contributed by atoms with van der Waals surface area (Å²) in [5.74, 6) is 1.94. The summed E-state index contributed by atoms with van der Waals surface area (Å²) >= 11 is 0. The van der Waals surface area contributed by atoms with E-state index in [1.54, 1.807) is 37.3 Å². The van der Waals surface area contributed by atoms with E-state index >= 15 is 0 Å². The monoisotopic (exact) mass is 484 g/mol. The van der Waals surface area contributed by atoms with Gasteiger partial charge in [0.25, 0.3) is 15.9 Å². The van der Waals surface area contributed by atoms with Crippen LogP contribution in [0.4, 0.5) is 11.4 Å². The maximum absolute atomic E-state index is 13.1. The van der Waals surface area contributed by atoms with Crippen LogP contribution in [0.2, 0.25) is 0 Å². The Balaban J connectivity index is 1.41. The Hall–Kier alpha value is -3.60. The number of carbonyl (C=O) groups is 1. The van der Waals surface area contributed by atoms with Crippen molar-refractivity contribution in [3.63, 3.8) is 0 Å². The molecule has 5 rings (SSSR count). The number of anilines is 2. The Kier molecular flexibility index (Phi) is 5.64. The number of benzene rings is 2. The highest BCUT2D eigenvalue weighted by molar-refractivity contribution is 7.92. The Labute approximate surface area is 196 Å². The van der Waals surface area contributed by atoms with Gasteiger partial charge in [-0.05, 0) is 55.7 Å². The summed E-state index contributed by atoms with van der Waals surface area (Å²) in [5.41, 5.74) is 1.33. The minimum Gasteiger partial charge on any atom is -0.497 e. The van der Waals surface area contributed by atoms with Gasteiger partial charge in [0.1, 0.15) is 11.5 Å². The van der Waals surface area contributed by atoms with Gasteiger partial charge in [-0.3, -0.25) is 14.4 Å². The summed E-state index contributed by atoms with van der Waals surface area (Å²) in [5, 5.41) is 4.02. The van der Waals surface area contributed by atoms with E-state index in [9.17, 15) is 13.2 Å². The Morgan fingerprint density at radius 2 is 1.97 bits per heavy atom. The second-order valence-electron chi connectivity index (χ2n) is 8.36. The first-order chi connectivity index (χ1) is 16.3. The molecule has 1 N–H and O–H groups in total. The molecule has 11 heteroatoms. The number of hydrogen-bond donors (Lipinski definition) is 1. The zero-order valence-corrected chi connectivity index (χ0v) is 19.6. The standard InChI is InChI=1S/C23H24N4O6S/c1-14-10-18-19(11-20(14)34(29,30)26-16-6-8-17(31-2)9-7-16)32-13-22(28)27(18)12-21-24-23(33-25-21)15-4-3-5-15/h6-11,15,26H,3-5,12-13H2,1-2H3. The summed E-state index contributed by atoms with van der Waals surface area (Å²) in [6.45, 7) is 1.57. The number of rotatable bonds is 7. The van der Waals surface area contributed by atoms with Crippen molar-refractivity contribution < 1.29 is 27.2 Å². The molecule has 1 aliphatic carbocycles. The first kappa shape index (κ1) is 22.2. The Morgan fingerprint density at radius 3 is 2.65 bits per heavy atom. The van der Waals surface area contributed by atoms with Crippen LogP contribution in [0, 0.1) is 6.92 Å². The smallest absolute Gasteiger partial charge is 0.265 e. The lowest BCUT2D eigenvalue weighted by Crippen LogP contribution is -2.38. The summed E-state index contributed by atoms with van der Waals surface area (Å²) in [7, 11) is -2.37. The van der Waals surface area contributed by atoms with Gasteiger partial charge in [0, 0.05) is 17.7 Å². The van der Waals surface area contributed by atoms with Crippen molar-refractivity contribution in [1.29, 1.82) is 0 Å². The molecule has 2 aliphatic rings. The molecule has 2 heterocycles. The van der Waals surface area contributed by atoms with E-state index in [0.717, 1.165) is 19.3 Å². The van der Waals surface area contributed by atoms with Crippen LogP contribution < -0.4 is 19.1 Å². The van der Waals surface area contributed by atoms with Crippen molar-refractivity contribution in [2.75, 3.05) is 23.3 Å². The van der Waals surface area contributed by atoms with Crippen molar-refractivity contribution in [3.05, 3.63) is 53.7 Å². The molecule has 0 atom stereocenters. The Bertz CT molecular complexity index is 1330. The number of hydrogen-bond acceptors (Lipinski definition) is 8. The van der Waals surface area contributed by atoms with Gasteiger partial charge in [0.2, 0.25) is 5.89 Å². The van der Waals surface area contributed by atoms with Gasteiger partial charge in [-0.2, -0.15) is 4.98 Å². The molecule has 0 bridgehead atoms. The fourth-order valence-electron chi connectivity index (χ4n) is 3.96. The zero-order valence-electron chi connectivity index (χ0n) is 18.8. The van der Waals surface area contributed by atoms with Crippen LogP contribution in [0.5, 0.6) is 11.5 Å². The van der Waals surface area contributed by atoms with Crippen molar-refractivity contribution >= 4 is 27.3 Å². The second kappa shape index (κ2) is 8.64. The molecule has 1 fully saturated rings. The highest BCUT2D eigenvalue weighted by Crippen LogP contribution is 2.38. The van der Waals surface area contributed by atoms with E-state index in [2.05, 4.69) is 14.9 Å². The quantitative estimate of drug-likeness (QED) is 0.541. The van der Waals surface area contributed by atoms with Gasteiger partial charge < -0.3 is 14.0 Å². The number of fused-ring (bicyclic) bond motifs is 1. The third-order valence-electron chi connectivity index (χ3n) is 6.07. The molecule has 1 aromatic heterocycles. The highest BCUT2D eigenvalue weighted by Gasteiger charge is 2.31. The minimum absolute atomic E-state index is 0.0585. The average Bonchev–Trinajstić information content (AvgIpc) is 3.22. The van der Waals surface area contributed by atoms with Gasteiger partial charge in [-0.25, -0.2) is 8.42 Å². The summed E-state index contributed by atoms with van der Waals surface area (Å²) in [4.78, 5) is 18.6. The van der Waals surface area contributed by atoms with Crippen LogP contribution in [0.3, 0.4) is 0 Å². The first-order valence-corrected chi connectivity index (χ1v) is 12.4. The van der Waals surface area contributed by atoms with Gasteiger partial charge >= 0.3 is 0 Å². The van der Waals surface area contributed by atoms with Crippen LogP contribution in [0.15, 0.2) is 45.8 Å². The molecule has 3 aromatic rings. The lowest BCUT2D eigenvalue weighted by atomic mass is 9.85. The van der Waals surface area contributed by atoms with Crippen molar-refractivity contribution in [1.82, 2.24) is 10.1 Å². The number of aryl methyl sites for hydroxylation is 1. The molecule has 0 saturated heterocycles. The summed E-state index contributed by atoms with van der Waals surface area (Å²) < 4.78 is 44.8. The molecule has 1 amide bonds. The lowest BCUT2D eigenvalue weighted by Gasteiger charge is -2.29. The zero-order chi connectivity index (χ0) is 23.9. The summed E-state index contributed by atoms with van der Waals surface area (Å²) in [6, 6.07) is 9.62. The van der Waals surface area contributed by atoms with Crippen LogP contribution in [-0.4, -0.2) is 38.2 Å². The SMILES string of the molecule is COc1ccc(NS(=O)(=O)c2cc3c(cc2C)N(Cc2noc(C4CCC4)n2)C(=O)CO3)cc1. The third kappa shape index (κ3) is 4.18. The van der Waals surface area contributed by atoms with Crippen LogP contribution in [-0.2, 0) is 21.4 Å². The highest BCUT2D eigenvalue weighted by atomic mass is 32.2. The molecule has 2 aromatic carbocycles. The fraction of sp³-hybridized carbons (Fsp3) is 0.348. The van der Waals surface area contributed by atoms with E-state index in [1.807, 2.05) is 0 Å². The molecular formula is C23H24N4O6S. The normalized spacial score (nSPS) is 15.9. The van der Waals surface area contributed by atoms with Crippen LogP contribution in [0.1, 0.15) is 42.5 Å².